The molecule has 8 heavy (non-hydrogen) atoms. The van der Waals surface area contributed by atoms with Gasteiger partial charge in [0.15, 0.2) is 0 Å². The summed E-state index contributed by atoms with van der Waals surface area (Å²) in [6.45, 7) is 2.14. The zero-order valence-corrected chi connectivity index (χ0v) is 7.18. The van der Waals surface area contributed by atoms with E-state index < -0.39 is 0 Å². The topological polar surface area (TPSA) is 20.2 Å². The summed E-state index contributed by atoms with van der Waals surface area (Å²) in [6, 6.07) is 0. The predicted molar refractivity (Wildman–Crippen MR) is 44.3 cm³/mol. The van der Waals surface area contributed by atoms with Crippen LogP contribution in [0.15, 0.2) is 9.84 Å². The lowest BCUT2D eigenvalue weighted by Gasteiger charge is -1.87. The maximum Gasteiger partial charge on any atom is 0.149 e. The lowest BCUT2D eigenvalue weighted by Crippen LogP contribution is -1.68. The van der Waals surface area contributed by atoms with Crippen LogP contribution >= 0.6 is 22.6 Å². The molecular weight excluding hydrogens is 215 g/mol. The molecule has 2 heteroatoms. The minimum absolute atomic E-state index is 0.413. The zero-order chi connectivity index (χ0) is 6.41. The molecule has 0 saturated heterocycles. The molecule has 0 amide bonds. The van der Waals surface area contributed by atoms with Crippen molar-refractivity contribution in [3.05, 3.63) is 9.84 Å². The molecule has 0 bridgehead atoms. The van der Waals surface area contributed by atoms with Crippen LogP contribution in [0.25, 0.3) is 0 Å². The molecule has 0 aliphatic carbocycles. The van der Waals surface area contributed by atoms with Crippen molar-refractivity contribution in [1.29, 1.82) is 0 Å². The van der Waals surface area contributed by atoms with Crippen molar-refractivity contribution in [2.75, 3.05) is 0 Å². The van der Waals surface area contributed by atoms with Crippen LogP contribution in [0.1, 0.15) is 26.2 Å². The molecule has 0 aromatic carbocycles. The fraction of sp³-hybridized carbons (Fsp3) is 0.667. The predicted octanol–water partition coefficient (Wildman–Crippen LogP) is 3.01. The van der Waals surface area contributed by atoms with Gasteiger partial charge >= 0.3 is 0 Å². The van der Waals surface area contributed by atoms with E-state index in [0.29, 0.717) is 3.77 Å². The van der Waals surface area contributed by atoms with Crippen LogP contribution in [0.2, 0.25) is 0 Å². The van der Waals surface area contributed by atoms with Gasteiger partial charge in [-0.15, -0.1) is 0 Å². The molecule has 0 heterocycles. The van der Waals surface area contributed by atoms with Gasteiger partial charge in [0.1, 0.15) is 3.77 Å². The first kappa shape index (κ1) is 8.27. The summed E-state index contributed by atoms with van der Waals surface area (Å²) in [5.41, 5.74) is 0. The third-order valence-electron chi connectivity index (χ3n) is 0.870. The van der Waals surface area contributed by atoms with Crippen LogP contribution in [0, 0.1) is 0 Å². The Morgan fingerprint density at radius 1 is 1.75 bits per heavy atom. The molecule has 0 atom stereocenters. The molecule has 0 aromatic heterocycles. The first-order valence-electron chi connectivity index (χ1n) is 2.82. The third-order valence-corrected chi connectivity index (χ3v) is 1.31. The fourth-order valence-electron chi connectivity index (χ4n) is 0.425. The van der Waals surface area contributed by atoms with Gasteiger partial charge in [0, 0.05) is 0 Å². The van der Waals surface area contributed by atoms with E-state index in [1.807, 2.05) is 28.7 Å². The average molecular weight is 226 g/mol. The Balaban J connectivity index is 3.03. The molecule has 0 rings (SSSR count). The number of allylic oxidation sites excluding steroid dienone is 1. The van der Waals surface area contributed by atoms with Crippen LogP contribution in [0.5, 0.6) is 0 Å². The molecule has 0 aliphatic heterocycles. The highest BCUT2D eigenvalue weighted by Crippen LogP contribution is 2.03. The van der Waals surface area contributed by atoms with E-state index in [1.54, 1.807) is 0 Å². The fourth-order valence-corrected chi connectivity index (χ4v) is 0.737. The highest BCUT2D eigenvalue weighted by molar-refractivity contribution is 14.1. The number of unbranched alkanes of at least 4 members (excludes halogenated alkanes) is 2. The molecule has 1 nitrogen and oxygen atoms in total. The largest absolute Gasteiger partial charge is 0.503 e. The van der Waals surface area contributed by atoms with Gasteiger partial charge in [0.05, 0.1) is 0 Å². The molecule has 0 aromatic rings. The average Bonchev–Trinajstić information content (AvgIpc) is 1.66. The van der Waals surface area contributed by atoms with Gasteiger partial charge < -0.3 is 5.11 Å². The second kappa shape index (κ2) is 5.41. The second-order valence-corrected chi connectivity index (χ2v) is 2.77. The smallest absolute Gasteiger partial charge is 0.149 e. The van der Waals surface area contributed by atoms with E-state index in [2.05, 4.69) is 6.92 Å². The lowest BCUT2D eigenvalue weighted by molar-refractivity contribution is 0.462. The third kappa shape index (κ3) is 6.27. The van der Waals surface area contributed by atoms with E-state index in [9.17, 15) is 0 Å². The molecule has 0 spiro atoms. The first-order valence-corrected chi connectivity index (χ1v) is 3.90. The van der Waals surface area contributed by atoms with Crippen LogP contribution in [-0.4, -0.2) is 5.11 Å². The van der Waals surface area contributed by atoms with Crippen molar-refractivity contribution in [2.45, 2.75) is 26.2 Å². The molecular formula is C6H11IO. The Labute approximate surface area is 63.9 Å². The van der Waals surface area contributed by atoms with Crippen LogP contribution in [0.4, 0.5) is 0 Å². The molecule has 0 saturated carbocycles. The second-order valence-electron chi connectivity index (χ2n) is 1.67. The van der Waals surface area contributed by atoms with Crippen molar-refractivity contribution in [3.8, 4) is 0 Å². The summed E-state index contributed by atoms with van der Waals surface area (Å²) in [5, 5.41) is 8.63. The molecule has 0 radical (unpaired) electrons. The van der Waals surface area contributed by atoms with Gasteiger partial charge in [-0.25, -0.2) is 0 Å². The van der Waals surface area contributed by atoms with Gasteiger partial charge in [-0.3, -0.25) is 0 Å². The van der Waals surface area contributed by atoms with Gasteiger partial charge in [-0.2, -0.15) is 0 Å². The molecule has 0 fully saturated rings. The number of rotatable bonds is 3. The Morgan fingerprint density at radius 3 is 2.75 bits per heavy atom. The van der Waals surface area contributed by atoms with Crippen LogP contribution in [-0.2, 0) is 0 Å². The van der Waals surface area contributed by atoms with Crippen LogP contribution < -0.4 is 0 Å². The maximum absolute atomic E-state index is 8.63. The minimum Gasteiger partial charge on any atom is -0.503 e. The summed E-state index contributed by atoms with van der Waals surface area (Å²) in [7, 11) is 0. The summed E-state index contributed by atoms with van der Waals surface area (Å²) in [5.74, 6) is 0. The first-order chi connectivity index (χ1) is 3.77. The summed E-state index contributed by atoms with van der Waals surface area (Å²) < 4.78 is 0.413. The standard InChI is InChI=1S/C6H11IO/c1-2-3-4-5-6(7)8/h5,8H,2-4H2,1H3. The summed E-state index contributed by atoms with van der Waals surface area (Å²) in [4.78, 5) is 0. The zero-order valence-electron chi connectivity index (χ0n) is 5.02. The molecule has 48 valence electrons. The van der Waals surface area contributed by atoms with Crippen molar-refractivity contribution < 1.29 is 5.11 Å². The van der Waals surface area contributed by atoms with E-state index >= 15 is 0 Å². The van der Waals surface area contributed by atoms with Crippen molar-refractivity contribution >= 4 is 22.6 Å². The number of aliphatic hydroxyl groups is 1. The minimum atomic E-state index is 0.413. The van der Waals surface area contributed by atoms with Crippen molar-refractivity contribution in [2.24, 2.45) is 0 Å². The Hall–Kier alpha value is 0.270. The SMILES string of the molecule is CCCCC=C(O)I. The Bertz CT molecular complexity index is 74.6. The molecule has 1 N–H and O–H groups in total. The van der Waals surface area contributed by atoms with Crippen molar-refractivity contribution in [3.63, 3.8) is 0 Å². The Morgan fingerprint density at radius 2 is 2.38 bits per heavy atom. The van der Waals surface area contributed by atoms with E-state index in [0.717, 1.165) is 6.42 Å². The summed E-state index contributed by atoms with van der Waals surface area (Å²) >= 11 is 1.90. The highest BCUT2D eigenvalue weighted by Gasteiger charge is 1.81. The number of hydrogen-bond donors (Lipinski definition) is 1. The van der Waals surface area contributed by atoms with Crippen molar-refractivity contribution in [1.82, 2.24) is 0 Å². The molecule has 0 unspecified atom stereocenters. The van der Waals surface area contributed by atoms with Gasteiger partial charge in [-0.1, -0.05) is 13.3 Å². The maximum atomic E-state index is 8.63. The quantitative estimate of drug-likeness (QED) is 0.445. The number of aliphatic hydroxyl groups excluding tert-OH is 1. The summed E-state index contributed by atoms with van der Waals surface area (Å²) in [6.07, 6.45) is 5.21. The normalized spacial score (nSPS) is 12.0. The monoisotopic (exact) mass is 226 g/mol. The molecule has 0 aliphatic rings. The van der Waals surface area contributed by atoms with E-state index in [4.69, 9.17) is 5.11 Å². The van der Waals surface area contributed by atoms with Gasteiger partial charge in [0.2, 0.25) is 0 Å². The number of halogens is 1. The van der Waals surface area contributed by atoms with E-state index in [-0.39, 0.29) is 0 Å². The highest BCUT2D eigenvalue weighted by atomic mass is 127. The van der Waals surface area contributed by atoms with Gasteiger partial charge in [0.25, 0.3) is 0 Å². The number of hydrogen-bond acceptors (Lipinski definition) is 1. The van der Waals surface area contributed by atoms with Gasteiger partial charge in [-0.05, 0) is 41.5 Å². The lowest BCUT2D eigenvalue weighted by atomic mass is 10.2. The van der Waals surface area contributed by atoms with E-state index in [1.165, 1.54) is 12.8 Å². The van der Waals surface area contributed by atoms with Crippen LogP contribution in [0.3, 0.4) is 0 Å². The Kier molecular flexibility index (Phi) is 5.59.